The lowest BCUT2D eigenvalue weighted by molar-refractivity contribution is -0.168. The predicted octanol–water partition coefficient (Wildman–Crippen LogP) is 1.27. The molecule has 5 heteroatoms. The molecule has 0 bridgehead atoms. The summed E-state index contributed by atoms with van der Waals surface area (Å²) in [5, 5.41) is 9.28. The Morgan fingerprint density at radius 1 is 1.50 bits per heavy atom. The number of morpholine rings is 1. The third kappa shape index (κ3) is 2.83. The highest BCUT2D eigenvalue weighted by molar-refractivity contribution is 8.01. The highest BCUT2D eigenvalue weighted by Crippen LogP contribution is 2.40. The number of aliphatic hydroxyl groups excluding tert-OH is 1. The predicted molar refractivity (Wildman–Crippen MR) is 72.7 cm³/mol. The van der Waals surface area contributed by atoms with Gasteiger partial charge in [0.25, 0.3) is 0 Å². The number of thioether (sulfide) groups is 1. The van der Waals surface area contributed by atoms with Crippen LogP contribution < -0.4 is 0 Å². The van der Waals surface area contributed by atoms with E-state index in [0.29, 0.717) is 13.1 Å². The van der Waals surface area contributed by atoms with Crippen LogP contribution in [0.25, 0.3) is 0 Å². The van der Waals surface area contributed by atoms with Gasteiger partial charge in [-0.15, -0.1) is 11.8 Å². The van der Waals surface area contributed by atoms with Crippen LogP contribution in [-0.2, 0) is 9.53 Å². The zero-order valence-electron chi connectivity index (χ0n) is 11.4. The SMILES string of the molecule is CC1(C)CN(C(=O)C2(C)CCCS2)CC(CO)O1. The Labute approximate surface area is 113 Å². The molecule has 0 spiro atoms. The third-order valence-corrected chi connectivity index (χ3v) is 5.15. The van der Waals surface area contributed by atoms with Crippen molar-refractivity contribution >= 4 is 17.7 Å². The molecule has 0 aliphatic carbocycles. The molecular formula is C13H23NO3S. The van der Waals surface area contributed by atoms with Gasteiger partial charge >= 0.3 is 0 Å². The van der Waals surface area contributed by atoms with Gasteiger partial charge in [0.1, 0.15) is 0 Å². The van der Waals surface area contributed by atoms with E-state index in [0.717, 1.165) is 18.6 Å². The lowest BCUT2D eigenvalue weighted by atomic mass is 10.00. The summed E-state index contributed by atoms with van der Waals surface area (Å²) in [5.74, 6) is 1.28. The number of nitrogens with zero attached hydrogens (tertiary/aromatic N) is 1. The Kier molecular flexibility index (Phi) is 3.95. The van der Waals surface area contributed by atoms with Gasteiger partial charge in [0.05, 0.1) is 23.1 Å². The van der Waals surface area contributed by atoms with Gasteiger partial charge in [-0.05, 0) is 39.4 Å². The van der Waals surface area contributed by atoms with Gasteiger partial charge in [-0.3, -0.25) is 4.79 Å². The molecule has 0 aromatic heterocycles. The first-order valence-corrected chi connectivity index (χ1v) is 7.57. The van der Waals surface area contributed by atoms with Crippen molar-refractivity contribution in [3.8, 4) is 0 Å². The number of ether oxygens (including phenoxy) is 1. The Morgan fingerprint density at radius 2 is 2.22 bits per heavy atom. The molecule has 2 fully saturated rings. The normalized spacial score (nSPS) is 35.8. The smallest absolute Gasteiger partial charge is 0.238 e. The van der Waals surface area contributed by atoms with Gasteiger partial charge in [-0.2, -0.15) is 0 Å². The first-order chi connectivity index (χ1) is 8.36. The number of rotatable bonds is 2. The quantitative estimate of drug-likeness (QED) is 0.823. The average molecular weight is 273 g/mol. The first-order valence-electron chi connectivity index (χ1n) is 6.58. The molecule has 2 aliphatic heterocycles. The molecule has 2 aliphatic rings. The van der Waals surface area contributed by atoms with E-state index in [1.54, 1.807) is 11.8 Å². The second-order valence-electron chi connectivity index (χ2n) is 6.05. The van der Waals surface area contributed by atoms with E-state index < -0.39 is 0 Å². The van der Waals surface area contributed by atoms with Gasteiger partial charge in [0.2, 0.25) is 5.91 Å². The van der Waals surface area contributed by atoms with Crippen molar-refractivity contribution in [1.82, 2.24) is 4.90 Å². The van der Waals surface area contributed by atoms with Crippen LogP contribution in [0, 0.1) is 0 Å². The molecule has 1 N–H and O–H groups in total. The number of amides is 1. The number of carbonyl (C=O) groups excluding carboxylic acids is 1. The van der Waals surface area contributed by atoms with Crippen LogP contribution in [0.1, 0.15) is 33.6 Å². The molecular weight excluding hydrogens is 250 g/mol. The maximum atomic E-state index is 12.6. The van der Waals surface area contributed by atoms with E-state index >= 15 is 0 Å². The molecule has 104 valence electrons. The van der Waals surface area contributed by atoms with E-state index in [1.807, 2.05) is 25.7 Å². The fraction of sp³-hybridized carbons (Fsp3) is 0.923. The van der Waals surface area contributed by atoms with Crippen molar-refractivity contribution < 1.29 is 14.6 Å². The van der Waals surface area contributed by atoms with Crippen molar-refractivity contribution in [2.24, 2.45) is 0 Å². The second-order valence-corrected chi connectivity index (χ2v) is 7.65. The molecule has 2 rings (SSSR count). The number of hydrogen-bond donors (Lipinski definition) is 1. The maximum Gasteiger partial charge on any atom is 0.238 e. The summed E-state index contributed by atoms with van der Waals surface area (Å²) in [4.78, 5) is 14.5. The van der Waals surface area contributed by atoms with E-state index in [-0.39, 0.29) is 29.0 Å². The molecule has 2 unspecified atom stereocenters. The van der Waals surface area contributed by atoms with Gasteiger partial charge in [0, 0.05) is 13.1 Å². The van der Waals surface area contributed by atoms with Crippen molar-refractivity contribution in [2.75, 3.05) is 25.4 Å². The minimum absolute atomic E-state index is 0.0307. The van der Waals surface area contributed by atoms with Crippen LogP contribution >= 0.6 is 11.8 Å². The Balaban J connectivity index is 2.09. The number of carbonyl (C=O) groups is 1. The summed E-state index contributed by atoms with van der Waals surface area (Å²) >= 11 is 1.76. The van der Waals surface area contributed by atoms with Crippen LogP contribution in [-0.4, -0.2) is 57.8 Å². The number of aliphatic hydroxyl groups is 1. The Hall–Kier alpha value is -0.260. The molecule has 0 aromatic carbocycles. The van der Waals surface area contributed by atoms with Gasteiger partial charge < -0.3 is 14.7 Å². The van der Waals surface area contributed by atoms with Crippen molar-refractivity contribution in [3.63, 3.8) is 0 Å². The summed E-state index contributed by atoms with van der Waals surface area (Å²) < 4.78 is 5.48. The lowest BCUT2D eigenvalue weighted by Gasteiger charge is -2.44. The molecule has 2 heterocycles. The zero-order chi connectivity index (χ0) is 13.4. The van der Waals surface area contributed by atoms with Crippen molar-refractivity contribution in [1.29, 1.82) is 0 Å². The summed E-state index contributed by atoms with van der Waals surface area (Å²) in [7, 11) is 0. The first kappa shape index (κ1) is 14.2. The van der Waals surface area contributed by atoms with Crippen LogP contribution in [0.3, 0.4) is 0 Å². The molecule has 0 radical (unpaired) electrons. The van der Waals surface area contributed by atoms with Gasteiger partial charge in [-0.1, -0.05) is 0 Å². The standard InChI is InChI=1S/C13H23NO3S/c1-12(2)9-14(7-10(8-15)17-12)11(16)13(3)5-4-6-18-13/h10,15H,4-9H2,1-3H3. The highest BCUT2D eigenvalue weighted by Gasteiger charge is 2.44. The molecule has 0 saturated carbocycles. The fourth-order valence-electron chi connectivity index (χ4n) is 2.83. The van der Waals surface area contributed by atoms with Crippen LogP contribution in [0.5, 0.6) is 0 Å². The monoisotopic (exact) mass is 273 g/mol. The van der Waals surface area contributed by atoms with Gasteiger partial charge in [0.15, 0.2) is 0 Å². The van der Waals surface area contributed by atoms with Crippen LogP contribution in [0.4, 0.5) is 0 Å². The van der Waals surface area contributed by atoms with Crippen LogP contribution in [0.2, 0.25) is 0 Å². The molecule has 0 aromatic rings. The second kappa shape index (κ2) is 5.02. The molecule has 1 amide bonds. The van der Waals surface area contributed by atoms with Crippen molar-refractivity contribution in [2.45, 2.75) is 50.1 Å². The van der Waals surface area contributed by atoms with E-state index in [9.17, 15) is 9.90 Å². The molecule has 4 nitrogen and oxygen atoms in total. The maximum absolute atomic E-state index is 12.6. The van der Waals surface area contributed by atoms with E-state index in [1.165, 1.54) is 0 Å². The zero-order valence-corrected chi connectivity index (χ0v) is 12.3. The van der Waals surface area contributed by atoms with Crippen molar-refractivity contribution in [3.05, 3.63) is 0 Å². The largest absolute Gasteiger partial charge is 0.394 e. The molecule has 2 saturated heterocycles. The summed E-state index contributed by atoms with van der Waals surface area (Å²) in [5.41, 5.74) is -0.374. The fourth-order valence-corrected chi connectivity index (χ4v) is 4.11. The minimum Gasteiger partial charge on any atom is -0.394 e. The third-order valence-electron chi connectivity index (χ3n) is 3.64. The lowest BCUT2D eigenvalue weighted by Crippen LogP contribution is -2.58. The summed E-state index contributed by atoms with van der Waals surface area (Å²) in [6.45, 7) is 7.08. The van der Waals surface area contributed by atoms with Crippen LogP contribution in [0.15, 0.2) is 0 Å². The van der Waals surface area contributed by atoms with Gasteiger partial charge in [-0.25, -0.2) is 0 Å². The average Bonchev–Trinajstić information content (AvgIpc) is 2.74. The summed E-state index contributed by atoms with van der Waals surface area (Å²) in [6.07, 6.45) is 1.81. The van der Waals surface area contributed by atoms with E-state index in [4.69, 9.17) is 4.74 Å². The minimum atomic E-state index is -0.374. The Bertz CT molecular complexity index is 326. The highest BCUT2D eigenvalue weighted by atomic mass is 32.2. The topological polar surface area (TPSA) is 49.8 Å². The number of hydrogen-bond acceptors (Lipinski definition) is 4. The Morgan fingerprint density at radius 3 is 2.78 bits per heavy atom. The van der Waals surface area contributed by atoms with E-state index in [2.05, 4.69) is 0 Å². The molecule has 18 heavy (non-hydrogen) atoms. The summed E-state index contributed by atoms with van der Waals surface area (Å²) in [6, 6.07) is 0. The molecule has 2 atom stereocenters.